The van der Waals surface area contributed by atoms with Crippen molar-refractivity contribution in [2.75, 3.05) is 13.2 Å². The van der Waals surface area contributed by atoms with E-state index in [-0.39, 0.29) is 0 Å². The van der Waals surface area contributed by atoms with Crippen LogP contribution in [-0.2, 0) is 4.74 Å². The molecular weight excluding hydrogens is 210 g/mol. The lowest BCUT2D eigenvalue weighted by Gasteiger charge is -2.60. The molecule has 100 valence electrons. The zero-order valence-electron chi connectivity index (χ0n) is 11.8. The average molecular weight is 239 g/mol. The van der Waals surface area contributed by atoms with Crippen molar-refractivity contribution in [2.45, 2.75) is 71.4 Å². The van der Waals surface area contributed by atoms with E-state index in [0.717, 1.165) is 12.5 Å². The van der Waals surface area contributed by atoms with Crippen LogP contribution in [0.4, 0.5) is 0 Å². The molecule has 0 bridgehead atoms. The number of unbranched alkanes of at least 4 members (excludes halogenated alkanes) is 3. The van der Waals surface area contributed by atoms with E-state index < -0.39 is 0 Å². The molecular formula is C15H29NO. The average Bonchev–Trinajstić information content (AvgIpc) is 2.33. The summed E-state index contributed by atoms with van der Waals surface area (Å²) in [5.74, 6) is 0.782. The molecule has 17 heavy (non-hydrogen) atoms. The molecule has 0 amide bonds. The standard InChI is InChI=1S/C15H29NO/c1-4-5-6-7-10-16-13-12-9-8-11-17-14(12)15(13,2)3/h12-14,16H,4-11H2,1-3H3. The maximum atomic E-state index is 5.93. The molecule has 1 saturated heterocycles. The van der Waals surface area contributed by atoms with Gasteiger partial charge in [0, 0.05) is 24.0 Å². The topological polar surface area (TPSA) is 21.3 Å². The Bertz CT molecular complexity index is 239. The monoisotopic (exact) mass is 239 g/mol. The van der Waals surface area contributed by atoms with E-state index in [1.807, 2.05) is 0 Å². The first-order chi connectivity index (χ1) is 8.18. The smallest absolute Gasteiger partial charge is 0.0684 e. The van der Waals surface area contributed by atoms with Crippen LogP contribution in [0.1, 0.15) is 59.3 Å². The maximum absolute atomic E-state index is 5.93. The second-order valence-corrected chi connectivity index (χ2v) is 6.41. The summed E-state index contributed by atoms with van der Waals surface area (Å²) in [6.07, 6.45) is 8.55. The van der Waals surface area contributed by atoms with Gasteiger partial charge in [0.05, 0.1) is 6.10 Å². The number of hydrogen-bond acceptors (Lipinski definition) is 2. The minimum atomic E-state index is 0.343. The summed E-state index contributed by atoms with van der Waals surface area (Å²) in [5.41, 5.74) is 0.343. The molecule has 2 fully saturated rings. The molecule has 0 aromatic carbocycles. The fourth-order valence-corrected chi connectivity index (χ4v) is 3.75. The molecule has 1 heterocycles. The van der Waals surface area contributed by atoms with Crippen molar-refractivity contribution in [1.82, 2.24) is 5.32 Å². The number of rotatable bonds is 6. The van der Waals surface area contributed by atoms with E-state index in [4.69, 9.17) is 4.74 Å². The zero-order chi connectivity index (χ0) is 12.3. The Kier molecular flexibility index (Phi) is 4.48. The van der Waals surface area contributed by atoms with E-state index >= 15 is 0 Å². The lowest BCUT2D eigenvalue weighted by Crippen LogP contribution is -2.69. The van der Waals surface area contributed by atoms with Gasteiger partial charge in [-0.3, -0.25) is 0 Å². The van der Waals surface area contributed by atoms with Gasteiger partial charge < -0.3 is 10.1 Å². The van der Waals surface area contributed by atoms with Crippen LogP contribution in [-0.4, -0.2) is 25.3 Å². The summed E-state index contributed by atoms with van der Waals surface area (Å²) in [5, 5.41) is 3.79. The first-order valence-electron chi connectivity index (χ1n) is 7.53. The van der Waals surface area contributed by atoms with E-state index in [1.54, 1.807) is 0 Å². The zero-order valence-corrected chi connectivity index (χ0v) is 11.8. The molecule has 0 radical (unpaired) electrons. The molecule has 2 heteroatoms. The second-order valence-electron chi connectivity index (χ2n) is 6.41. The van der Waals surface area contributed by atoms with Crippen molar-refractivity contribution >= 4 is 0 Å². The van der Waals surface area contributed by atoms with Gasteiger partial charge in [-0.1, -0.05) is 40.0 Å². The van der Waals surface area contributed by atoms with Gasteiger partial charge in [-0.25, -0.2) is 0 Å². The Balaban J connectivity index is 1.72. The van der Waals surface area contributed by atoms with Crippen LogP contribution in [0.3, 0.4) is 0 Å². The van der Waals surface area contributed by atoms with Gasteiger partial charge in [-0.05, 0) is 25.8 Å². The second kappa shape index (κ2) is 5.71. The lowest BCUT2D eigenvalue weighted by atomic mass is 9.55. The van der Waals surface area contributed by atoms with Crippen molar-refractivity contribution in [1.29, 1.82) is 0 Å². The lowest BCUT2D eigenvalue weighted by molar-refractivity contribution is -0.192. The fraction of sp³-hybridized carbons (Fsp3) is 1.00. The van der Waals surface area contributed by atoms with Crippen LogP contribution >= 0.6 is 0 Å². The molecule has 1 N–H and O–H groups in total. The van der Waals surface area contributed by atoms with Crippen molar-refractivity contribution in [2.24, 2.45) is 11.3 Å². The van der Waals surface area contributed by atoms with E-state index in [9.17, 15) is 0 Å². The molecule has 2 aliphatic rings. The van der Waals surface area contributed by atoms with Crippen molar-refractivity contribution < 1.29 is 4.74 Å². The van der Waals surface area contributed by atoms with Gasteiger partial charge in [0.15, 0.2) is 0 Å². The summed E-state index contributed by atoms with van der Waals surface area (Å²) in [6, 6.07) is 0.689. The third-order valence-electron chi connectivity index (χ3n) is 4.73. The molecule has 0 aromatic rings. The van der Waals surface area contributed by atoms with Crippen LogP contribution in [0.5, 0.6) is 0 Å². The van der Waals surface area contributed by atoms with Gasteiger partial charge in [0.25, 0.3) is 0 Å². The van der Waals surface area contributed by atoms with E-state index in [2.05, 4.69) is 26.1 Å². The summed E-state index contributed by atoms with van der Waals surface area (Å²) in [4.78, 5) is 0. The van der Waals surface area contributed by atoms with Crippen LogP contribution in [0.25, 0.3) is 0 Å². The molecule has 0 aromatic heterocycles. The summed E-state index contributed by atoms with van der Waals surface area (Å²) in [6.45, 7) is 9.17. The van der Waals surface area contributed by atoms with Gasteiger partial charge in [-0.2, -0.15) is 0 Å². The summed E-state index contributed by atoms with van der Waals surface area (Å²) >= 11 is 0. The number of hydrogen-bond donors (Lipinski definition) is 1. The molecule has 1 saturated carbocycles. The van der Waals surface area contributed by atoms with Crippen LogP contribution in [0.2, 0.25) is 0 Å². The third kappa shape index (κ3) is 2.68. The SMILES string of the molecule is CCCCCCNC1C2CCCOC2C1(C)C. The Labute approximate surface area is 107 Å². The molecule has 1 aliphatic heterocycles. The quantitative estimate of drug-likeness (QED) is 0.718. The van der Waals surface area contributed by atoms with Crippen LogP contribution in [0.15, 0.2) is 0 Å². The Morgan fingerprint density at radius 3 is 2.82 bits per heavy atom. The predicted molar refractivity (Wildman–Crippen MR) is 72.2 cm³/mol. The third-order valence-corrected chi connectivity index (χ3v) is 4.73. The van der Waals surface area contributed by atoms with E-state index in [1.165, 1.54) is 45.1 Å². The molecule has 2 rings (SSSR count). The molecule has 2 nitrogen and oxygen atoms in total. The minimum absolute atomic E-state index is 0.343. The highest BCUT2D eigenvalue weighted by Gasteiger charge is 2.57. The van der Waals surface area contributed by atoms with Crippen molar-refractivity contribution in [3.63, 3.8) is 0 Å². The first-order valence-corrected chi connectivity index (χ1v) is 7.53. The largest absolute Gasteiger partial charge is 0.377 e. The maximum Gasteiger partial charge on any atom is 0.0684 e. The highest BCUT2D eigenvalue weighted by atomic mass is 16.5. The highest BCUT2D eigenvalue weighted by molar-refractivity contribution is 5.10. The van der Waals surface area contributed by atoms with Gasteiger partial charge in [-0.15, -0.1) is 0 Å². The normalized spacial score (nSPS) is 35.1. The molecule has 0 spiro atoms. The van der Waals surface area contributed by atoms with Crippen LogP contribution in [0, 0.1) is 11.3 Å². The minimum Gasteiger partial charge on any atom is -0.377 e. The Hall–Kier alpha value is -0.0800. The molecule has 3 atom stereocenters. The van der Waals surface area contributed by atoms with E-state index in [0.29, 0.717) is 17.6 Å². The number of fused-ring (bicyclic) bond motifs is 1. The van der Waals surface area contributed by atoms with Gasteiger partial charge >= 0.3 is 0 Å². The van der Waals surface area contributed by atoms with Crippen molar-refractivity contribution in [3.8, 4) is 0 Å². The summed E-state index contributed by atoms with van der Waals surface area (Å²) in [7, 11) is 0. The number of nitrogens with one attached hydrogen (secondary N) is 1. The predicted octanol–water partition coefficient (Wildman–Crippen LogP) is 3.36. The molecule has 3 unspecified atom stereocenters. The summed E-state index contributed by atoms with van der Waals surface area (Å²) < 4.78 is 5.93. The highest BCUT2D eigenvalue weighted by Crippen LogP contribution is 2.51. The van der Waals surface area contributed by atoms with Gasteiger partial charge in [0.2, 0.25) is 0 Å². The Morgan fingerprint density at radius 2 is 2.06 bits per heavy atom. The van der Waals surface area contributed by atoms with Gasteiger partial charge in [0.1, 0.15) is 0 Å². The molecule has 1 aliphatic carbocycles. The fourth-order valence-electron chi connectivity index (χ4n) is 3.75. The van der Waals surface area contributed by atoms with Crippen molar-refractivity contribution in [3.05, 3.63) is 0 Å². The Morgan fingerprint density at radius 1 is 1.24 bits per heavy atom. The first kappa shape index (κ1) is 13.4. The van der Waals surface area contributed by atoms with Crippen LogP contribution < -0.4 is 5.32 Å². The number of ether oxygens (including phenoxy) is 1.